The van der Waals surface area contributed by atoms with E-state index in [1.807, 2.05) is 0 Å². The van der Waals surface area contributed by atoms with Crippen LogP contribution in [0, 0.1) is 57.2 Å². The lowest BCUT2D eigenvalue weighted by atomic mass is 9.35. The maximum absolute atomic E-state index is 12.7. The molecule has 0 saturated heterocycles. The van der Waals surface area contributed by atoms with Crippen LogP contribution in [0.3, 0.4) is 0 Å². The van der Waals surface area contributed by atoms with E-state index < -0.39 is 0 Å². The van der Waals surface area contributed by atoms with Gasteiger partial charge >= 0.3 is 0 Å². The Balaban J connectivity index is 1.55. The summed E-state index contributed by atoms with van der Waals surface area (Å²) in [6.07, 6.45) is 13.2. The maximum Gasteiger partial charge on any atom is 0.136 e. The summed E-state index contributed by atoms with van der Waals surface area (Å²) in [5.74, 6) is 5.39. The summed E-state index contributed by atoms with van der Waals surface area (Å²) in [6, 6.07) is 0. The molecule has 0 heterocycles. The van der Waals surface area contributed by atoms with Crippen LogP contribution in [0.25, 0.3) is 0 Å². The van der Waals surface area contributed by atoms with Crippen LogP contribution in [0.2, 0.25) is 0 Å². The predicted molar refractivity (Wildman–Crippen MR) is 116 cm³/mol. The van der Waals surface area contributed by atoms with E-state index in [2.05, 4.69) is 41.5 Å². The molecule has 158 valence electrons. The summed E-state index contributed by atoms with van der Waals surface area (Å²) in [4.78, 5) is 12.7. The van der Waals surface area contributed by atoms with Gasteiger partial charge in [-0.2, -0.15) is 0 Å². The third kappa shape index (κ3) is 2.18. The summed E-state index contributed by atoms with van der Waals surface area (Å²) in [7, 11) is 0. The Morgan fingerprint density at radius 2 is 1.57 bits per heavy atom. The summed E-state index contributed by atoms with van der Waals surface area (Å²) in [5, 5.41) is 0. The van der Waals surface area contributed by atoms with Crippen molar-refractivity contribution >= 4 is 5.78 Å². The molecular formula is C27H44O. The molecule has 0 aromatic heterocycles. The average Bonchev–Trinajstić information content (AvgIpc) is 3.13. The Hall–Kier alpha value is -0.330. The number of carbonyl (C=O) groups is 1. The Morgan fingerprint density at radius 1 is 0.821 bits per heavy atom. The van der Waals surface area contributed by atoms with Crippen LogP contribution < -0.4 is 0 Å². The summed E-state index contributed by atoms with van der Waals surface area (Å²) in [6.45, 7) is 15.6. The molecule has 0 aromatic rings. The van der Waals surface area contributed by atoms with Gasteiger partial charge in [-0.15, -0.1) is 0 Å². The normalized spacial score (nSPS) is 58.2. The molecule has 0 bridgehead atoms. The molecule has 6 unspecified atom stereocenters. The van der Waals surface area contributed by atoms with Crippen molar-refractivity contribution in [1.82, 2.24) is 0 Å². The molecule has 0 aromatic carbocycles. The van der Waals surface area contributed by atoms with Crippen molar-refractivity contribution < 1.29 is 4.79 Å². The topological polar surface area (TPSA) is 17.1 Å². The largest absolute Gasteiger partial charge is 0.299 e. The van der Waals surface area contributed by atoms with Gasteiger partial charge in [0.1, 0.15) is 5.78 Å². The second kappa shape index (κ2) is 5.88. The molecule has 0 amide bonds. The zero-order valence-corrected chi connectivity index (χ0v) is 19.4. The van der Waals surface area contributed by atoms with E-state index in [1.54, 1.807) is 0 Å². The van der Waals surface area contributed by atoms with E-state index in [0.717, 1.165) is 36.0 Å². The van der Waals surface area contributed by atoms with Gasteiger partial charge in [0.05, 0.1) is 0 Å². The number of fused-ring (bicyclic) bond motifs is 7. The summed E-state index contributed by atoms with van der Waals surface area (Å²) >= 11 is 0. The second-order valence-corrected chi connectivity index (χ2v) is 13.3. The highest BCUT2D eigenvalue weighted by molar-refractivity contribution is 5.84. The van der Waals surface area contributed by atoms with Crippen LogP contribution in [0.4, 0.5) is 0 Å². The third-order valence-electron chi connectivity index (χ3n) is 12.3. The molecule has 5 saturated carbocycles. The van der Waals surface area contributed by atoms with E-state index in [-0.39, 0.29) is 0 Å². The van der Waals surface area contributed by atoms with Gasteiger partial charge in [-0.25, -0.2) is 0 Å². The van der Waals surface area contributed by atoms with Crippen molar-refractivity contribution in [3.63, 3.8) is 0 Å². The zero-order valence-electron chi connectivity index (χ0n) is 19.4. The Bertz CT molecular complexity index is 680. The first-order valence-electron chi connectivity index (χ1n) is 12.6. The van der Waals surface area contributed by atoms with E-state index in [0.29, 0.717) is 33.4 Å². The Labute approximate surface area is 173 Å². The highest BCUT2D eigenvalue weighted by Crippen LogP contribution is 2.76. The van der Waals surface area contributed by atoms with E-state index in [4.69, 9.17) is 0 Å². The summed E-state index contributed by atoms with van der Waals surface area (Å²) < 4.78 is 0. The van der Waals surface area contributed by atoms with Crippen molar-refractivity contribution in [3.05, 3.63) is 0 Å². The van der Waals surface area contributed by atoms with Gasteiger partial charge in [0.15, 0.2) is 0 Å². The van der Waals surface area contributed by atoms with Crippen molar-refractivity contribution in [2.45, 2.75) is 106 Å². The first-order valence-corrected chi connectivity index (χ1v) is 12.6. The maximum atomic E-state index is 12.7. The molecule has 5 aliphatic rings. The first kappa shape index (κ1) is 19.6. The molecule has 28 heavy (non-hydrogen) atoms. The standard InChI is InChI=1S/C27H44O/c1-17(2)18-9-12-24(3)15-16-26(5)20(23(18)24)7-8-22-25(4)13-11-21(28)19(25)10-14-27(22,26)6/h17-20,22-23H,7-16H2,1-6H3/t18-,19?,20?,22?,23+,24?,25?,26+,27?/m0/s1. The number of hydrogen-bond donors (Lipinski definition) is 0. The summed E-state index contributed by atoms with van der Waals surface area (Å²) in [5.41, 5.74) is 1.83. The van der Waals surface area contributed by atoms with E-state index in [9.17, 15) is 4.79 Å². The van der Waals surface area contributed by atoms with Gasteiger partial charge in [-0.05, 0) is 109 Å². The highest BCUT2D eigenvalue weighted by Gasteiger charge is 2.69. The second-order valence-electron chi connectivity index (χ2n) is 13.3. The first-order chi connectivity index (χ1) is 13.1. The lowest BCUT2D eigenvalue weighted by Crippen LogP contribution is -2.63. The molecular weight excluding hydrogens is 340 g/mol. The number of rotatable bonds is 1. The van der Waals surface area contributed by atoms with Crippen LogP contribution >= 0.6 is 0 Å². The van der Waals surface area contributed by atoms with Gasteiger partial charge in [-0.3, -0.25) is 4.79 Å². The lowest BCUT2D eigenvalue weighted by Gasteiger charge is -2.70. The molecule has 0 spiro atoms. The fourth-order valence-corrected chi connectivity index (χ4v) is 10.6. The minimum absolute atomic E-state index is 0.298. The monoisotopic (exact) mass is 384 g/mol. The van der Waals surface area contributed by atoms with Crippen molar-refractivity contribution in [1.29, 1.82) is 0 Å². The number of carbonyl (C=O) groups excluding carboxylic acids is 1. The van der Waals surface area contributed by atoms with Gasteiger partial charge in [-0.1, -0.05) is 41.5 Å². The van der Waals surface area contributed by atoms with Gasteiger partial charge < -0.3 is 0 Å². The minimum atomic E-state index is 0.298. The van der Waals surface area contributed by atoms with Crippen LogP contribution in [-0.2, 0) is 4.79 Å². The zero-order chi connectivity index (χ0) is 20.1. The highest BCUT2D eigenvalue weighted by atomic mass is 16.1. The smallest absolute Gasteiger partial charge is 0.136 e. The van der Waals surface area contributed by atoms with Gasteiger partial charge in [0, 0.05) is 12.3 Å². The molecule has 1 heteroatoms. The molecule has 5 aliphatic carbocycles. The minimum Gasteiger partial charge on any atom is -0.299 e. The Kier molecular flexibility index (Phi) is 4.12. The van der Waals surface area contributed by atoms with E-state index in [1.165, 1.54) is 57.8 Å². The van der Waals surface area contributed by atoms with Crippen molar-refractivity contribution in [2.24, 2.45) is 57.2 Å². The average molecular weight is 385 g/mol. The number of Topliss-reactive ketones (excluding diaryl/α,β-unsaturated/α-hetero) is 1. The van der Waals surface area contributed by atoms with Crippen LogP contribution in [0.1, 0.15) is 106 Å². The van der Waals surface area contributed by atoms with Gasteiger partial charge in [0.2, 0.25) is 0 Å². The third-order valence-corrected chi connectivity index (χ3v) is 12.3. The number of ketones is 1. The molecule has 9 atom stereocenters. The fourth-order valence-electron chi connectivity index (χ4n) is 10.6. The van der Waals surface area contributed by atoms with Crippen LogP contribution in [-0.4, -0.2) is 5.78 Å². The number of hydrogen-bond acceptors (Lipinski definition) is 1. The van der Waals surface area contributed by atoms with Crippen LogP contribution in [0.5, 0.6) is 0 Å². The SMILES string of the molecule is CC(C)[C@@H]1CCC2(C)CC[C@]3(C)C(CCC4C5(C)CCC(=O)C5CCC43C)[C@@H]12. The Morgan fingerprint density at radius 3 is 2.29 bits per heavy atom. The quantitative estimate of drug-likeness (QED) is 0.464. The molecule has 1 nitrogen and oxygen atoms in total. The van der Waals surface area contributed by atoms with Crippen molar-refractivity contribution in [3.8, 4) is 0 Å². The molecule has 0 radical (unpaired) electrons. The van der Waals surface area contributed by atoms with Crippen LogP contribution in [0.15, 0.2) is 0 Å². The van der Waals surface area contributed by atoms with Gasteiger partial charge in [0.25, 0.3) is 0 Å². The fraction of sp³-hybridized carbons (Fsp3) is 0.963. The molecule has 5 rings (SSSR count). The van der Waals surface area contributed by atoms with Crippen molar-refractivity contribution in [2.75, 3.05) is 0 Å². The lowest BCUT2D eigenvalue weighted by molar-refractivity contribution is -0.213. The van der Waals surface area contributed by atoms with E-state index >= 15 is 0 Å². The molecule has 0 aliphatic heterocycles. The molecule has 0 N–H and O–H groups in total. The molecule has 5 fully saturated rings. The predicted octanol–water partition coefficient (Wildman–Crippen LogP) is 7.29.